The van der Waals surface area contributed by atoms with Crippen LogP contribution in [0, 0.1) is 17.2 Å². The molecule has 0 radical (unpaired) electrons. The Balaban J connectivity index is 1.48. The summed E-state index contributed by atoms with van der Waals surface area (Å²) in [5, 5.41) is 14.2. The summed E-state index contributed by atoms with van der Waals surface area (Å²) in [5.41, 5.74) is 2.89. The first-order valence-corrected chi connectivity index (χ1v) is 9.48. The van der Waals surface area contributed by atoms with Gasteiger partial charge < -0.3 is 15.5 Å². The van der Waals surface area contributed by atoms with Gasteiger partial charge in [-0.3, -0.25) is 9.59 Å². The highest BCUT2D eigenvalue weighted by atomic mass is 16.2. The Labute approximate surface area is 165 Å². The SMILES string of the molecule is CC1CCN(c2ccc(NC(=O)CC(=O)Nc3ccc(C#N)cc3)cc2)CC1. The van der Waals surface area contributed by atoms with Crippen LogP contribution in [0.5, 0.6) is 0 Å². The van der Waals surface area contributed by atoms with Gasteiger partial charge in [0.1, 0.15) is 6.42 Å². The third-order valence-corrected chi connectivity index (χ3v) is 4.92. The number of benzene rings is 2. The molecule has 0 spiro atoms. The average molecular weight is 376 g/mol. The molecule has 0 bridgehead atoms. The van der Waals surface area contributed by atoms with Gasteiger partial charge in [0, 0.05) is 30.2 Å². The molecule has 0 saturated carbocycles. The molecule has 1 fully saturated rings. The molecule has 1 aliphatic rings. The maximum atomic E-state index is 12.1. The van der Waals surface area contributed by atoms with Gasteiger partial charge in [0.25, 0.3) is 0 Å². The summed E-state index contributed by atoms with van der Waals surface area (Å²) in [6.07, 6.45) is 2.13. The van der Waals surface area contributed by atoms with Crippen molar-refractivity contribution in [3.8, 4) is 6.07 Å². The minimum atomic E-state index is -0.402. The average Bonchev–Trinajstić information content (AvgIpc) is 2.69. The molecule has 2 aromatic carbocycles. The summed E-state index contributed by atoms with van der Waals surface area (Å²) < 4.78 is 0. The number of nitrogens with one attached hydrogen (secondary N) is 2. The largest absolute Gasteiger partial charge is 0.372 e. The number of amides is 2. The molecule has 2 N–H and O–H groups in total. The molecule has 2 amide bonds. The van der Waals surface area contributed by atoms with E-state index >= 15 is 0 Å². The van der Waals surface area contributed by atoms with Gasteiger partial charge in [-0.2, -0.15) is 5.26 Å². The molecule has 1 aliphatic heterocycles. The van der Waals surface area contributed by atoms with Gasteiger partial charge in [0.15, 0.2) is 0 Å². The van der Waals surface area contributed by atoms with E-state index in [9.17, 15) is 9.59 Å². The molecule has 3 rings (SSSR count). The van der Waals surface area contributed by atoms with Crippen molar-refractivity contribution in [2.45, 2.75) is 26.2 Å². The van der Waals surface area contributed by atoms with Crippen LogP contribution in [0.25, 0.3) is 0 Å². The Kier molecular flexibility index (Phi) is 6.28. The minimum Gasteiger partial charge on any atom is -0.372 e. The number of nitriles is 1. The zero-order chi connectivity index (χ0) is 19.9. The quantitative estimate of drug-likeness (QED) is 0.778. The standard InChI is InChI=1S/C22H24N4O2/c1-16-10-12-26(13-11-16)20-8-6-19(7-9-20)25-22(28)14-21(27)24-18-4-2-17(15-23)3-5-18/h2-9,16H,10-14H2,1H3,(H,24,27)(H,25,28). The van der Waals surface area contributed by atoms with Gasteiger partial charge >= 0.3 is 0 Å². The molecular formula is C22H24N4O2. The van der Waals surface area contributed by atoms with Gasteiger partial charge in [-0.1, -0.05) is 6.92 Å². The van der Waals surface area contributed by atoms with Crippen molar-refractivity contribution < 1.29 is 9.59 Å². The fourth-order valence-electron chi connectivity index (χ4n) is 3.21. The Bertz CT molecular complexity index is 861. The van der Waals surface area contributed by atoms with Crippen LogP contribution < -0.4 is 15.5 Å². The normalized spacial score (nSPS) is 14.2. The first kappa shape index (κ1) is 19.4. The fraction of sp³-hybridized carbons (Fsp3) is 0.318. The summed E-state index contributed by atoms with van der Waals surface area (Å²) in [6, 6.07) is 16.2. The van der Waals surface area contributed by atoms with Crippen LogP contribution in [0.2, 0.25) is 0 Å². The van der Waals surface area contributed by atoms with E-state index in [4.69, 9.17) is 5.26 Å². The highest BCUT2D eigenvalue weighted by Crippen LogP contribution is 2.24. The Morgan fingerprint density at radius 2 is 1.46 bits per heavy atom. The third-order valence-electron chi connectivity index (χ3n) is 4.92. The van der Waals surface area contributed by atoms with Crippen molar-refractivity contribution in [2.24, 2.45) is 5.92 Å². The number of hydrogen-bond donors (Lipinski definition) is 2. The van der Waals surface area contributed by atoms with Crippen molar-refractivity contribution in [1.29, 1.82) is 5.26 Å². The lowest BCUT2D eigenvalue weighted by molar-refractivity contribution is -0.123. The maximum absolute atomic E-state index is 12.1. The van der Waals surface area contributed by atoms with Gasteiger partial charge in [-0.15, -0.1) is 0 Å². The van der Waals surface area contributed by atoms with Crippen LogP contribution in [-0.4, -0.2) is 24.9 Å². The zero-order valence-electron chi connectivity index (χ0n) is 15.9. The number of carbonyl (C=O) groups is 2. The predicted octanol–water partition coefficient (Wildman–Crippen LogP) is 3.76. The van der Waals surface area contributed by atoms with E-state index in [0.29, 0.717) is 16.9 Å². The number of hydrogen-bond acceptors (Lipinski definition) is 4. The molecule has 144 valence electrons. The van der Waals surface area contributed by atoms with Crippen molar-refractivity contribution in [1.82, 2.24) is 0 Å². The second kappa shape index (κ2) is 9.05. The smallest absolute Gasteiger partial charge is 0.233 e. The lowest BCUT2D eigenvalue weighted by Crippen LogP contribution is -2.32. The molecule has 2 aromatic rings. The van der Waals surface area contributed by atoms with E-state index in [-0.39, 0.29) is 12.3 Å². The maximum Gasteiger partial charge on any atom is 0.233 e. The second-order valence-corrected chi connectivity index (χ2v) is 7.18. The highest BCUT2D eigenvalue weighted by Gasteiger charge is 2.16. The molecule has 0 atom stereocenters. The van der Waals surface area contributed by atoms with Crippen LogP contribution in [-0.2, 0) is 9.59 Å². The summed E-state index contributed by atoms with van der Waals surface area (Å²) in [5.74, 6) is 0.0113. The Morgan fingerprint density at radius 3 is 1.96 bits per heavy atom. The van der Waals surface area contributed by atoms with E-state index in [1.54, 1.807) is 24.3 Å². The molecule has 0 aliphatic carbocycles. The van der Waals surface area contributed by atoms with Crippen LogP contribution >= 0.6 is 0 Å². The summed E-state index contributed by atoms with van der Waals surface area (Å²) in [6.45, 7) is 4.40. The first-order chi connectivity index (χ1) is 13.5. The van der Waals surface area contributed by atoms with E-state index in [1.807, 2.05) is 30.3 Å². The lowest BCUT2D eigenvalue weighted by Gasteiger charge is -2.32. The van der Waals surface area contributed by atoms with Gasteiger partial charge in [0.2, 0.25) is 11.8 Å². The lowest BCUT2D eigenvalue weighted by atomic mass is 9.99. The van der Waals surface area contributed by atoms with E-state index in [0.717, 1.165) is 24.7 Å². The monoisotopic (exact) mass is 376 g/mol. The summed E-state index contributed by atoms with van der Waals surface area (Å²) in [7, 11) is 0. The molecular weight excluding hydrogens is 352 g/mol. The molecule has 28 heavy (non-hydrogen) atoms. The zero-order valence-corrected chi connectivity index (χ0v) is 15.9. The molecule has 6 heteroatoms. The number of rotatable bonds is 5. The highest BCUT2D eigenvalue weighted by molar-refractivity contribution is 6.08. The molecule has 0 unspecified atom stereocenters. The number of nitrogens with zero attached hydrogens (tertiary/aromatic N) is 2. The van der Waals surface area contributed by atoms with Gasteiger partial charge in [-0.25, -0.2) is 0 Å². The Morgan fingerprint density at radius 1 is 0.964 bits per heavy atom. The number of piperidine rings is 1. The fourth-order valence-corrected chi connectivity index (χ4v) is 3.21. The molecule has 1 heterocycles. The number of carbonyl (C=O) groups excluding carboxylic acids is 2. The van der Waals surface area contributed by atoms with E-state index in [2.05, 4.69) is 22.5 Å². The van der Waals surface area contributed by atoms with E-state index < -0.39 is 5.91 Å². The van der Waals surface area contributed by atoms with Crippen molar-refractivity contribution in [2.75, 3.05) is 28.6 Å². The Hall–Kier alpha value is -3.33. The third kappa shape index (κ3) is 5.34. The van der Waals surface area contributed by atoms with Gasteiger partial charge in [-0.05, 0) is 67.3 Å². The second-order valence-electron chi connectivity index (χ2n) is 7.18. The van der Waals surface area contributed by atoms with Crippen LogP contribution in [0.3, 0.4) is 0 Å². The summed E-state index contributed by atoms with van der Waals surface area (Å²) >= 11 is 0. The first-order valence-electron chi connectivity index (χ1n) is 9.48. The predicted molar refractivity (Wildman–Crippen MR) is 110 cm³/mol. The number of anilines is 3. The van der Waals surface area contributed by atoms with Crippen LogP contribution in [0.15, 0.2) is 48.5 Å². The minimum absolute atomic E-state index is 0.272. The topological polar surface area (TPSA) is 85.2 Å². The summed E-state index contributed by atoms with van der Waals surface area (Å²) in [4.78, 5) is 26.5. The molecule has 1 saturated heterocycles. The van der Waals surface area contributed by atoms with Crippen molar-refractivity contribution >= 4 is 28.9 Å². The molecule has 0 aromatic heterocycles. The van der Waals surface area contributed by atoms with Crippen molar-refractivity contribution in [3.63, 3.8) is 0 Å². The van der Waals surface area contributed by atoms with Crippen LogP contribution in [0.1, 0.15) is 31.7 Å². The van der Waals surface area contributed by atoms with E-state index in [1.165, 1.54) is 12.8 Å². The van der Waals surface area contributed by atoms with Gasteiger partial charge in [0.05, 0.1) is 11.6 Å². The molecule has 6 nitrogen and oxygen atoms in total. The van der Waals surface area contributed by atoms with Crippen molar-refractivity contribution in [3.05, 3.63) is 54.1 Å². The van der Waals surface area contributed by atoms with Crippen LogP contribution in [0.4, 0.5) is 17.1 Å².